The van der Waals surface area contributed by atoms with Gasteiger partial charge < -0.3 is 9.32 Å². The van der Waals surface area contributed by atoms with E-state index in [-0.39, 0.29) is 16.2 Å². The minimum absolute atomic E-state index is 0.0389. The standard InChI is InChI=1S/C69H59NO/c1-66(2,3)45-30-35-53-54-36-31-46(67(4,5)6)40-59(54)69(58(53)39-45)57-26-15-14-23-52(57)55-37-34-48(41-60(55)69)70(47-32-28-43(29-33-47)50-24-16-20-42-18-10-12-21-49(42)50)62-27-17-25-56-63-51-22-13-11-19-44(51)38-61(68(7,8)9)65(63)71-64(56)62/h10-41H,1-9H3. The van der Waals surface area contributed by atoms with E-state index in [9.17, 15) is 0 Å². The summed E-state index contributed by atoms with van der Waals surface area (Å²) in [6.45, 7) is 20.9. The number of para-hydroxylation sites is 1. The molecule has 2 aliphatic rings. The molecule has 1 spiro atoms. The molecule has 0 amide bonds. The lowest BCUT2D eigenvalue weighted by Crippen LogP contribution is -2.27. The molecule has 0 atom stereocenters. The Kier molecular flexibility index (Phi) is 9.26. The first-order valence-corrected chi connectivity index (χ1v) is 25.4. The van der Waals surface area contributed by atoms with Gasteiger partial charge in [-0.2, -0.15) is 0 Å². The predicted molar refractivity (Wildman–Crippen MR) is 301 cm³/mol. The molecule has 2 aliphatic carbocycles. The lowest BCUT2D eigenvalue weighted by Gasteiger charge is -2.34. The van der Waals surface area contributed by atoms with Crippen LogP contribution in [0.2, 0.25) is 0 Å². The van der Waals surface area contributed by atoms with Gasteiger partial charge in [0.05, 0.1) is 11.1 Å². The quantitative estimate of drug-likeness (QED) is 0.175. The van der Waals surface area contributed by atoms with Crippen LogP contribution in [-0.4, -0.2) is 0 Å². The highest BCUT2D eigenvalue weighted by atomic mass is 16.3. The van der Waals surface area contributed by atoms with Crippen molar-refractivity contribution in [3.8, 4) is 33.4 Å². The molecule has 346 valence electrons. The molecule has 0 radical (unpaired) electrons. The van der Waals surface area contributed by atoms with Gasteiger partial charge in [-0.3, -0.25) is 0 Å². The van der Waals surface area contributed by atoms with Crippen LogP contribution in [0.5, 0.6) is 0 Å². The maximum atomic E-state index is 7.39. The molecule has 10 aromatic carbocycles. The van der Waals surface area contributed by atoms with Crippen molar-refractivity contribution in [2.24, 2.45) is 0 Å². The van der Waals surface area contributed by atoms with E-state index in [0.717, 1.165) is 33.6 Å². The van der Waals surface area contributed by atoms with E-state index in [1.807, 2.05) is 0 Å². The largest absolute Gasteiger partial charge is 0.454 e. The van der Waals surface area contributed by atoms with Crippen LogP contribution in [0.4, 0.5) is 17.1 Å². The van der Waals surface area contributed by atoms with Gasteiger partial charge >= 0.3 is 0 Å². The highest BCUT2D eigenvalue weighted by molar-refractivity contribution is 6.22. The molecule has 71 heavy (non-hydrogen) atoms. The van der Waals surface area contributed by atoms with Crippen molar-refractivity contribution in [3.05, 3.63) is 233 Å². The zero-order valence-corrected chi connectivity index (χ0v) is 42.3. The summed E-state index contributed by atoms with van der Waals surface area (Å²) in [5, 5.41) is 7.20. The summed E-state index contributed by atoms with van der Waals surface area (Å²) in [7, 11) is 0. The third kappa shape index (κ3) is 6.39. The topological polar surface area (TPSA) is 16.4 Å². The molecular formula is C69H59NO. The second-order valence-corrected chi connectivity index (χ2v) is 23.3. The Hall–Kier alpha value is -7.68. The maximum absolute atomic E-state index is 7.39. The number of rotatable bonds is 4. The fraction of sp³-hybridized carbons (Fsp3) is 0.188. The van der Waals surface area contributed by atoms with E-state index < -0.39 is 5.41 Å². The van der Waals surface area contributed by atoms with Gasteiger partial charge in [-0.1, -0.05) is 220 Å². The van der Waals surface area contributed by atoms with Crippen molar-refractivity contribution in [2.75, 3.05) is 4.90 Å². The number of hydrogen-bond acceptors (Lipinski definition) is 2. The van der Waals surface area contributed by atoms with Crippen molar-refractivity contribution in [3.63, 3.8) is 0 Å². The summed E-state index contributed by atoms with van der Waals surface area (Å²) < 4.78 is 7.39. The minimum Gasteiger partial charge on any atom is -0.454 e. The Labute approximate surface area is 418 Å². The second-order valence-electron chi connectivity index (χ2n) is 23.3. The van der Waals surface area contributed by atoms with Crippen molar-refractivity contribution in [2.45, 2.75) is 84.0 Å². The predicted octanol–water partition coefficient (Wildman–Crippen LogP) is 19.3. The molecule has 0 bridgehead atoms. The van der Waals surface area contributed by atoms with Crippen molar-refractivity contribution < 1.29 is 4.42 Å². The molecule has 1 heterocycles. The lowest BCUT2D eigenvalue weighted by atomic mass is 9.68. The van der Waals surface area contributed by atoms with Crippen LogP contribution in [0.25, 0.3) is 76.9 Å². The van der Waals surface area contributed by atoms with Crippen molar-refractivity contribution in [1.82, 2.24) is 0 Å². The zero-order chi connectivity index (χ0) is 48.8. The normalized spacial score (nSPS) is 13.8. The van der Waals surface area contributed by atoms with E-state index in [0.29, 0.717) is 0 Å². The van der Waals surface area contributed by atoms with Crippen molar-refractivity contribution >= 4 is 60.5 Å². The first kappa shape index (κ1) is 43.3. The van der Waals surface area contributed by atoms with Crippen molar-refractivity contribution in [1.29, 1.82) is 0 Å². The van der Waals surface area contributed by atoms with E-state index in [1.165, 1.54) is 99.3 Å². The Morgan fingerprint density at radius 3 is 1.56 bits per heavy atom. The average molecular weight is 918 g/mol. The number of anilines is 3. The third-order valence-corrected chi connectivity index (χ3v) is 15.9. The molecule has 1 aromatic heterocycles. The molecule has 0 unspecified atom stereocenters. The Bertz CT molecular complexity index is 3920. The third-order valence-electron chi connectivity index (χ3n) is 15.9. The number of benzene rings is 10. The summed E-state index contributed by atoms with van der Waals surface area (Å²) in [5.41, 5.74) is 21.1. The van der Waals surface area contributed by atoms with Gasteiger partial charge in [0, 0.05) is 27.7 Å². The van der Waals surface area contributed by atoms with Gasteiger partial charge in [-0.05, 0) is 141 Å². The first-order chi connectivity index (χ1) is 34.1. The SMILES string of the molecule is CC(C)(C)c1ccc2c(c1)C1(c3ccccc3-c3ccc(N(c4ccc(-c5cccc6ccccc56)cc4)c4cccc5c4oc4c(C(C)(C)C)cc6ccccc6c45)cc31)c1cc(C(C)(C)C)ccc1-2. The van der Waals surface area contributed by atoms with E-state index >= 15 is 0 Å². The van der Waals surface area contributed by atoms with Crippen LogP contribution in [-0.2, 0) is 21.7 Å². The molecule has 0 saturated carbocycles. The molecular weight excluding hydrogens is 859 g/mol. The van der Waals surface area contributed by atoms with Gasteiger partial charge in [0.1, 0.15) is 5.58 Å². The smallest absolute Gasteiger partial charge is 0.159 e. The molecule has 2 nitrogen and oxygen atoms in total. The van der Waals surface area contributed by atoms with E-state index in [2.05, 4.69) is 261 Å². The summed E-state index contributed by atoms with van der Waals surface area (Å²) in [4.78, 5) is 2.46. The average Bonchev–Trinajstić information content (AvgIpc) is 4.01. The Morgan fingerprint density at radius 2 is 0.887 bits per heavy atom. The zero-order valence-electron chi connectivity index (χ0n) is 42.3. The van der Waals surface area contributed by atoms with Gasteiger partial charge in [0.25, 0.3) is 0 Å². The number of nitrogens with zero attached hydrogens (tertiary/aromatic N) is 1. The van der Waals surface area contributed by atoms with E-state index in [1.54, 1.807) is 0 Å². The van der Waals surface area contributed by atoms with Gasteiger partial charge in [-0.25, -0.2) is 0 Å². The number of hydrogen-bond donors (Lipinski definition) is 0. The molecule has 0 aliphatic heterocycles. The molecule has 0 fully saturated rings. The minimum atomic E-state index is -0.551. The van der Waals surface area contributed by atoms with Gasteiger partial charge in [-0.15, -0.1) is 0 Å². The maximum Gasteiger partial charge on any atom is 0.159 e. The Balaban J connectivity index is 1.11. The summed E-state index contributed by atoms with van der Waals surface area (Å²) >= 11 is 0. The number of furan rings is 1. The first-order valence-electron chi connectivity index (χ1n) is 25.4. The van der Waals surface area contributed by atoms with Crippen LogP contribution >= 0.6 is 0 Å². The summed E-state index contributed by atoms with van der Waals surface area (Å²) in [6.07, 6.45) is 0. The highest BCUT2D eigenvalue weighted by Crippen LogP contribution is 2.64. The molecule has 0 saturated heterocycles. The van der Waals surface area contributed by atoms with Crippen LogP contribution in [0.15, 0.2) is 199 Å². The summed E-state index contributed by atoms with van der Waals surface area (Å²) in [6, 6.07) is 73.5. The Morgan fingerprint density at radius 1 is 0.366 bits per heavy atom. The molecule has 2 heteroatoms. The van der Waals surface area contributed by atoms with Gasteiger partial charge in [0.2, 0.25) is 0 Å². The monoisotopic (exact) mass is 917 g/mol. The summed E-state index contributed by atoms with van der Waals surface area (Å²) in [5.74, 6) is 0. The van der Waals surface area contributed by atoms with Crippen LogP contribution in [0.3, 0.4) is 0 Å². The van der Waals surface area contributed by atoms with E-state index in [4.69, 9.17) is 4.42 Å². The number of fused-ring (bicyclic) bond motifs is 16. The fourth-order valence-electron chi connectivity index (χ4n) is 12.3. The van der Waals surface area contributed by atoms with Crippen LogP contribution in [0.1, 0.15) is 101 Å². The molecule has 11 aromatic rings. The lowest BCUT2D eigenvalue weighted by molar-refractivity contribution is 0.573. The fourth-order valence-corrected chi connectivity index (χ4v) is 12.3. The molecule has 13 rings (SSSR count). The molecule has 0 N–H and O–H groups in total. The second kappa shape index (κ2) is 15.2. The highest BCUT2D eigenvalue weighted by Gasteiger charge is 2.52. The van der Waals surface area contributed by atoms with Gasteiger partial charge in [0.15, 0.2) is 5.58 Å². The van der Waals surface area contributed by atoms with Crippen LogP contribution < -0.4 is 4.90 Å². The van der Waals surface area contributed by atoms with Crippen LogP contribution in [0, 0.1) is 0 Å².